The Hall–Kier alpha value is -1.58. The zero-order chi connectivity index (χ0) is 17.8. The summed E-state index contributed by atoms with van der Waals surface area (Å²) in [5.74, 6) is 0. The Bertz CT molecular complexity index is 752. The van der Waals surface area contributed by atoms with Gasteiger partial charge in [0.25, 0.3) is 0 Å². The van der Waals surface area contributed by atoms with Crippen LogP contribution in [0.2, 0.25) is 0 Å². The maximum Gasteiger partial charge on any atom is 0.0478 e. The monoisotopic (exact) mass is 351 g/mol. The van der Waals surface area contributed by atoms with Gasteiger partial charge in [-0.15, -0.1) is 0 Å². The lowest BCUT2D eigenvalue weighted by molar-refractivity contribution is 0.318. The first-order chi connectivity index (χ1) is 12.8. The summed E-state index contributed by atoms with van der Waals surface area (Å²) >= 11 is 0. The summed E-state index contributed by atoms with van der Waals surface area (Å²) in [6.45, 7) is 3.94. The quantitative estimate of drug-likeness (QED) is 0.498. The summed E-state index contributed by atoms with van der Waals surface area (Å²) in [6, 6.07) is 8.17. The number of rotatable bonds is 6. The molecule has 0 aliphatic heterocycles. The van der Waals surface area contributed by atoms with E-state index in [9.17, 15) is 0 Å². The van der Waals surface area contributed by atoms with E-state index in [1.807, 2.05) is 0 Å². The lowest BCUT2D eigenvalue weighted by atomic mass is 9.89. The first kappa shape index (κ1) is 17.8. The van der Waals surface area contributed by atoms with Crippen molar-refractivity contribution in [1.29, 1.82) is 0 Å². The van der Waals surface area contributed by atoms with Gasteiger partial charge >= 0.3 is 0 Å². The number of aromatic nitrogens is 1. The average Bonchev–Trinajstić information content (AvgIpc) is 3.05. The van der Waals surface area contributed by atoms with Gasteiger partial charge in [-0.1, -0.05) is 37.5 Å². The second-order valence-corrected chi connectivity index (χ2v) is 8.04. The Morgan fingerprint density at radius 3 is 2.85 bits per heavy atom. The fourth-order valence-corrected chi connectivity index (χ4v) is 4.76. The van der Waals surface area contributed by atoms with E-state index in [4.69, 9.17) is 0 Å². The molecule has 2 aromatic rings. The van der Waals surface area contributed by atoms with Crippen LogP contribution in [-0.2, 0) is 13.0 Å². The maximum absolute atomic E-state index is 3.99. The zero-order valence-electron chi connectivity index (χ0n) is 16.1. The number of H-pyrrole nitrogens is 1. The van der Waals surface area contributed by atoms with Crippen LogP contribution in [0.1, 0.15) is 74.7 Å². The van der Waals surface area contributed by atoms with Gasteiger partial charge in [-0.05, 0) is 62.3 Å². The SMILES string of the molecule is C/C=C\CNCc1ccc2[nH]c3c(c2c1)CCCC3NC1CCCCC1. The van der Waals surface area contributed by atoms with Gasteiger partial charge in [0.15, 0.2) is 0 Å². The minimum Gasteiger partial charge on any atom is -0.357 e. The Labute approximate surface area is 157 Å². The van der Waals surface area contributed by atoms with Crippen molar-refractivity contribution in [2.75, 3.05) is 6.54 Å². The Morgan fingerprint density at radius 1 is 1.12 bits per heavy atom. The molecule has 2 aliphatic rings. The molecule has 0 spiro atoms. The third-order valence-electron chi connectivity index (χ3n) is 6.14. The predicted octanol–water partition coefficient (Wildman–Crippen LogP) is 5.13. The second-order valence-electron chi connectivity index (χ2n) is 8.04. The van der Waals surface area contributed by atoms with Crippen LogP contribution in [0, 0.1) is 0 Å². The Balaban J connectivity index is 1.53. The van der Waals surface area contributed by atoms with Crippen LogP contribution >= 0.6 is 0 Å². The fraction of sp³-hybridized carbons (Fsp3) is 0.565. The molecule has 26 heavy (non-hydrogen) atoms. The van der Waals surface area contributed by atoms with Crippen LogP contribution in [-0.4, -0.2) is 17.6 Å². The number of allylic oxidation sites excluding steroid dienone is 1. The molecule has 0 radical (unpaired) electrons. The third-order valence-corrected chi connectivity index (χ3v) is 6.14. The molecule has 2 aliphatic carbocycles. The van der Waals surface area contributed by atoms with E-state index in [1.165, 1.54) is 73.5 Å². The van der Waals surface area contributed by atoms with Crippen molar-refractivity contribution >= 4 is 10.9 Å². The van der Waals surface area contributed by atoms with E-state index in [0.29, 0.717) is 6.04 Å². The first-order valence-electron chi connectivity index (χ1n) is 10.6. The molecule has 3 heteroatoms. The van der Waals surface area contributed by atoms with E-state index in [2.05, 4.69) is 52.9 Å². The number of nitrogens with one attached hydrogen (secondary N) is 3. The molecule has 0 bridgehead atoms. The fourth-order valence-electron chi connectivity index (χ4n) is 4.76. The highest BCUT2D eigenvalue weighted by molar-refractivity contribution is 5.85. The summed E-state index contributed by atoms with van der Waals surface area (Å²) < 4.78 is 0. The minimum atomic E-state index is 0.519. The normalized spacial score (nSPS) is 21.5. The summed E-state index contributed by atoms with van der Waals surface area (Å²) in [5.41, 5.74) is 5.72. The molecule has 1 unspecified atom stereocenters. The Morgan fingerprint density at radius 2 is 2.00 bits per heavy atom. The summed E-state index contributed by atoms with van der Waals surface area (Å²) in [7, 11) is 0. The van der Waals surface area contributed by atoms with Gasteiger partial charge in [-0.3, -0.25) is 0 Å². The van der Waals surface area contributed by atoms with Crippen LogP contribution in [0.5, 0.6) is 0 Å². The number of hydrogen-bond acceptors (Lipinski definition) is 2. The standard InChI is InChI=1S/C23H33N3/c1-2-3-14-24-16-17-12-13-21-20(15-17)19-10-7-11-22(23(19)26-21)25-18-8-5-4-6-9-18/h2-3,12-13,15,18,22,24-26H,4-11,14,16H2,1H3/b3-2-. The molecular formula is C23H33N3. The van der Waals surface area contributed by atoms with Gasteiger partial charge in [0, 0.05) is 41.8 Å². The maximum atomic E-state index is 3.99. The lowest BCUT2D eigenvalue weighted by Gasteiger charge is -2.31. The van der Waals surface area contributed by atoms with Crippen LogP contribution in [0.3, 0.4) is 0 Å². The van der Waals surface area contributed by atoms with Crippen LogP contribution in [0.25, 0.3) is 10.9 Å². The highest BCUT2D eigenvalue weighted by atomic mass is 15.0. The molecule has 140 valence electrons. The topological polar surface area (TPSA) is 39.9 Å². The third kappa shape index (κ3) is 3.89. The number of aryl methyl sites for hydroxylation is 1. The van der Waals surface area contributed by atoms with Crippen LogP contribution in [0.4, 0.5) is 0 Å². The number of fused-ring (bicyclic) bond motifs is 3. The molecule has 3 nitrogen and oxygen atoms in total. The molecule has 0 amide bonds. The molecular weight excluding hydrogens is 318 g/mol. The molecule has 1 saturated carbocycles. The highest BCUT2D eigenvalue weighted by Gasteiger charge is 2.26. The van der Waals surface area contributed by atoms with E-state index < -0.39 is 0 Å². The molecule has 0 saturated heterocycles. The van der Waals surface area contributed by atoms with Crippen molar-refractivity contribution in [1.82, 2.24) is 15.6 Å². The second kappa shape index (κ2) is 8.41. The summed E-state index contributed by atoms with van der Waals surface area (Å²) in [4.78, 5) is 3.77. The zero-order valence-corrected chi connectivity index (χ0v) is 16.1. The van der Waals surface area contributed by atoms with E-state index in [1.54, 1.807) is 5.56 Å². The summed E-state index contributed by atoms with van der Waals surface area (Å²) in [6.07, 6.45) is 15.0. The van der Waals surface area contributed by atoms with Crippen molar-refractivity contribution in [2.45, 2.75) is 76.9 Å². The van der Waals surface area contributed by atoms with Crippen LogP contribution < -0.4 is 10.6 Å². The highest BCUT2D eigenvalue weighted by Crippen LogP contribution is 2.36. The van der Waals surface area contributed by atoms with Gasteiger partial charge in [0.05, 0.1) is 0 Å². The van der Waals surface area contributed by atoms with Crippen molar-refractivity contribution in [2.24, 2.45) is 0 Å². The first-order valence-corrected chi connectivity index (χ1v) is 10.6. The largest absolute Gasteiger partial charge is 0.357 e. The molecule has 1 aromatic carbocycles. The van der Waals surface area contributed by atoms with Gasteiger partial charge in [-0.2, -0.15) is 0 Å². The van der Waals surface area contributed by atoms with Crippen molar-refractivity contribution < 1.29 is 0 Å². The smallest absolute Gasteiger partial charge is 0.0478 e. The van der Waals surface area contributed by atoms with Crippen molar-refractivity contribution in [3.8, 4) is 0 Å². The van der Waals surface area contributed by atoms with Crippen molar-refractivity contribution in [3.05, 3.63) is 47.2 Å². The molecule has 1 atom stereocenters. The molecule has 1 fully saturated rings. The molecule has 4 rings (SSSR count). The van der Waals surface area contributed by atoms with Crippen molar-refractivity contribution in [3.63, 3.8) is 0 Å². The van der Waals surface area contributed by atoms with Crippen LogP contribution in [0.15, 0.2) is 30.4 Å². The predicted molar refractivity (Wildman–Crippen MR) is 111 cm³/mol. The lowest BCUT2D eigenvalue weighted by Crippen LogP contribution is -2.36. The van der Waals surface area contributed by atoms with Gasteiger partial charge in [0.2, 0.25) is 0 Å². The van der Waals surface area contributed by atoms with Gasteiger partial charge < -0.3 is 15.6 Å². The summed E-state index contributed by atoms with van der Waals surface area (Å²) in [5, 5.41) is 8.92. The van der Waals surface area contributed by atoms with Gasteiger partial charge in [-0.25, -0.2) is 0 Å². The molecule has 3 N–H and O–H groups in total. The molecule has 1 heterocycles. The number of benzene rings is 1. The van der Waals surface area contributed by atoms with E-state index in [-0.39, 0.29) is 0 Å². The molecule has 1 aromatic heterocycles. The van der Waals surface area contributed by atoms with E-state index in [0.717, 1.165) is 19.1 Å². The minimum absolute atomic E-state index is 0.519. The number of hydrogen-bond donors (Lipinski definition) is 3. The van der Waals surface area contributed by atoms with E-state index >= 15 is 0 Å². The van der Waals surface area contributed by atoms with Gasteiger partial charge in [0.1, 0.15) is 0 Å². The average molecular weight is 352 g/mol. The number of aromatic amines is 1. The Kier molecular flexibility index (Phi) is 5.76.